The molecule has 2 aromatic carbocycles. The van der Waals surface area contributed by atoms with Crippen molar-refractivity contribution < 1.29 is 4.79 Å². The maximum Gasteiger partial charge on any atom is 0.234 e. The number of benzene rings is 2. The molecule has 1 fully saturated rings. The van der Waals surface area contributed by atoms with Gasteiger partial charge in [0.1, 0.15) is 0 Å². The normalized spacial score (nSPS) is 15.8. The number of nitrogens with zero attached hydrogens (tertiary/aromatic N) is 4. The van der Waals surface area contributed by atoms with Crippen LogP contribution < -0.4 is 0 Å². The van der Waals surface area contributed by atoms with Crippen LogP contribution in [0.1, 0.15) is 28.8 Å². The maximum absolute atomic E-state index is 13.4. The van der Waals surface area contributed by atoms with E-state index in [0.29, 0.717) is 5.57 Å². The molecule has 32 heavy (non-hydrogen) atoms. The first-order valence-electron chi connectivity index (χ1n) is 10.9. The van der Waals surface area contributed by atoms with Crippen molar-refractivity contribution in [1.29, 1.82) is 5.26 Å². The van der Waals surface area contributed by atoms with Crippen molar-refractivity contribution in [3.05, 3.63) is 78.2 Å². The number of fused-ring (bicyclic) bond motifs is 2. The first-order valence-corrected chi connectivity index (χ1v) is 10.9. The van der Waals surface area contributed by atoms with Crippen LogP contribution >= 0.6 is 0 Å². The minimum absolute atomic E-state index is 0.00920. The molecule has 2 aromatic heterocycles. The quantitative estimate of drug-likeness (QED) is 0.426. The van der Waals surface area contributed by atoms with Crippen LogP contribution in [-0.4, -0.2) is 40.5 Å². The molecule has 1 aliphatic rings. The Bertz CT molecular complexity index is 1380. The van der Waals surface area contributed by atoms with Gasteiger partial charge in [0, 0.05) is 40.8 Å². The summed E-state index contributed by atoms with van der Waals surface area (Å²) in [6.07, 6.45) is 9.08. The Hall–Kier alpha value is -3.75. The fourth-order valence-electron chi connectivity index (χ4n) is 4.63. The molecule has 1 saturated heterocycles. The van der Waals surface area contributed by atoms with Gasteiger partial charge in [-0.05, 0) is 62.1 Å². The summed E-state index contributed by atoms with van der Waals surface area (Å²) in [5.74, 6) is 0.129. The smallest absolute Gasteiger partial charge is 0.234 e. The molecule has 3 heterocycles. The summed E-state index contributed by atoms with van der Waals surface area (Å²) in [5, 5.41) is 13.1. The van der Waals surface area contributed by atoms with E-state index in [0.717, 1.165) is 58.7 Å². The zero-order chi connectivity index (χ0) is 22.1. The number of carbonyl (C=O) groups excluding carboxylic acids is 1. The number of allylic oxidation sites excluding steroid dienone is 1. The Morgan fingerprint density at radius 3 is 2.72 bits per heavy atom. The summed E-state index contributed by atoms with van der Waals surface area (Å²) in [5.41, 5.74) is 3.14. The van der Waals surface area contributed by atoms with Gasteiger partial charge in [0.25, 0.3) is 0 Å². The van der Waals surface area contributed by atoms with Gasteiger partial charge >= 0.3 is 0 Å². The van der Waals surface area contributed by atoms with Crippen molar-refractivity contribution in [2.24, 2.45) is 5.92 Å². The molecular weight excluding hydrogens is 396 g/mol. The van der Waals surface area contributed by atoms with Crippen molar-refractivity contribution in [3.63, 3.8) is 0 Å². The fraction of sp³-hybridized carbons (Fsp3) is 0.222. The van der Waals surface area contributed by atoms with E-state index in [2.05, 4.69) is 23.0 Å². The zero-order valence-corrected chi connectivity index (χ0v) is 18.0. The lowest BCUT2D eigenvalue weighted by atomic mass is 9.96. The second kappa shape index (κ2) is 8.41. The summed E-state index contributed by atoms with van der Waals surface area (Å²) in [7, 11) is 2.09. The van der Waals surface area contributed by atoms with Crippen LogP contribution in [0, 0.1) is 17.2 Å². The summed E-state index contributed by atoms with van der Waals surface area (Å²) in [6, 6.07) is 18.2. The van der Waals surface area contributed by atoms with E-state index in [1.54, 1.807) is 10.8 Å². The number of nitriles is 1. The lowest BCUT2D eigenvalue weighted by Gasteiger charge is -2.28. The number of carbonyl (C=O) groups is 1. The van der Waals surface area contributed by atoms with E-state index in [1.165, 1.54) is 0 Å². The molecule has 0 saturated carbocycles. The summed E-state index contributed by atoms with van der Waals surface area (Å²) >= 11 is 0. The summed E-state index contributed by atoms with van der Waals surface area (Å²) in [4.78, 5) is 19.9. The van der Waals surface area contributed by atoms with Crippen LogP contribution in [0.15, 0.2) is 67.1 Å². The third-order valence-electron chi connectivity index (χ3n) is 6.44. The van der Waals surface area contributed by atoms with Crippen molar-refractivity contribution in [2.45, 2.75) is 12.8 Å². The molecule has 0 bridgehead atoms. The van der Waals surface area contributed by atoms with Crippen molar-refractivity contribution in [2.75, 3.05) is 20.1 Å². The number of pyridine rings is 1. The summed E-state index contributed by atoms with van der Waals surface area (Å²) < 4.78 is 1.76. The Morgan fingerprint density at radius 2 is 1.91 bits per heavy atom. The Balaban J connectivity index is 1.61. The van der Waals surface area contributed by atoms with Gasteiger partial charge in [-0.25, -0.2) is 0 Å². The van der Waals surface area contributed by atoms with Gasteiger partial charge in [-0.1, -0.05) is 36.4 Å². The van der Waals surface area contributed by atoms with Crippen LogP contribution in [0.3, 0.4) is 0 Å². The largest absolute Gasteiger partial charge is 0.306 e. The van der Waals surface area contributed by atoms with E-state index >= 15 is 0 Å². The molecule has 0 N–H and O–H groups in total. The highest BCUT2D eigenvalue weighted by Crippen LogP contribution is 2.31. The van der Waals surface area contributed by atoms with Gasteiger partial charge in [0.15, 0.2) is 0 Å². The zero-order valence-electron chi connectivity index (χ0n) is 18.0. The fourth-order valence-corrected chi connectivity index (χ4v) is 4.63. The van der Waals surface area contributed by atoms with E-state index in [4.69, 9.17) is 0 Å². The van der Waals surface area contributed by atoms with Crippen LogP contribution in [0.25, 0.3) is 33.3 Å². The molecule has 0 spiro atoms. The second-order valence-electron chi connectivity index (χ2n) is 8.46. The minimum atomic E-state index is 0.00920. The first kappa shape index (κ1) is 20.2. The van der Waals surface area contributed by atoms with E-state index in [1.807, 2.05) is 67.0 Å². The van der Waals surface area contributed by atoms with Crippen LogP contribution in [0.2, 0.25) is 0 Å². The van der Waals surface area contributed by atoms with Crippen LogP contribution in [-0.2, 0) is 0 Å². The van der Waals surface area contributed by atoms with Gasteiger partial charge in [0.2, 0.25) is 5.91 Å². The number of hydrogen-bond donors (Lipinski definition) is 0. The predicted molar refractivity (Wildman–Crippen MR) is 128 cm³/mol. The topological polar surface area (TPSA) is 61.9 Å². The molecule has 0 aliphatic carbocycles. The molecule has 158 valence electrons. The summed E-state index contributed by atoms with van der Waals surface area (Å²) in [6.45, 7) is 1.86. The molecule has 4 aromatic rings. The van der Waals surface area contributed by atoms with E-state index in [-0.39, 0.29) is 11.8 Å². The maximum atomic E-state index is 13.4. The standard InChI is InChI=1S/C27H24N4O/c1-30-13-10-19(11-14-30)27(32)31-18-25(24-7-2-3-8-26(24)31)22(16-28)15-20-5-4-6-21-17-29-12-9-23(20)21/h2-9,12,15,17-19H,10-11,13-14H2,1H3. The third-order valence-corrected chi connectivity index (χ3v) is 6.44. The monoisotopic (exact) mass is 420 g/mol. The molecule has 1 aliphatic heterocycles. The van der Waals surface area contributed by atoms with Gasteiger partial charge in [-0.15, -0.1) is 0 Å². The van der Waals surface area contributed by atoms with Crippen LogP contribution in [0.5, 0.6) is 0 Å². The van der Waals surface area contributed by atoms with Crippen molar-refractivity contribution in [3.8, 4) is 6.07 Å². The molecule has 5 rings (SSSR count). The average molecular weight is 421 g/mol. The molecule has 5 nitrogen and oxygen atoms in total. The lowest BCUT2D eigenvalue weighted by Crippen LogP contribution is -2.35. The second-order valence-corrected chi connectivity index (χ2v) is 8.46. The Kier molecular flexibility index (Phi) is 5.30. The SMILES string of the molecule is CN1CCC(C(=O)n2cc(C(C#N)=Cc3cccc4cnccc34)c3ccccc32)CC1. The molecule has 0 unspecified atom stereocenters. The van der Waals surface area contributed by atoms with Crippen LogP contribution in [0.4, 0.5) is 0 Å². The number of hydrogen-bond acceptors (Lipinski definition) is 4. The van der Waals surface area contributed by atoms with Crippen molar-refractivity contribution in [1.82, 2.24) is 14.5 Å². The Morgan fingerprint density at radius 1 is 1.09 bits per heavy atom. The van der Waals surface area contributed by atoms with Crippen molar-refractivity contribution >= 4 is 39.2 Å². The molecular formula is C27H24N4O. The number of para-hydroxylation sites is 1. The number of piperidine rings is 1. The lowest BCUT2D eigenvalue weighted by molar-refractivity contribution is 0.0774. The molecule has 0 atom stereocenters. The highest BCUT2D eigenvalue weighted by molar-refractivity contribution is 6.06. The van der Waals surface area contributed by atoms with Gasteiger partial charge < -0.3 is 4.90 Å². The average Bonchev–Trinajstić information content (AvgIpc) is 3.22. The van der Waals surface area contributed by atoms with E-state index in [9.17, 15) is 10.1 Å². The highest BCUT2D eigenvalue weighted by atomic mass is 16.2. The molecule has 0 amide bonds. The predicted octanol–water partition coefficient (Wildman–Crippen LogP) is 5.24. The van der Waals surface area contributed by atoms with Gasteiger partial charge in [-0.3, -0.25) is 14.3 Å². The number of likely N-dealkylation sites (tertiary alicyclic amines) is 1. The van der Waals surface area contributed by atoms with Gasteiger partial charge in [-0.2, -0.15) is 5.26 Å². The van der Waals surface area contributed by atoms with E-state index < -0.39 is 0 Å². The van der Waals surface area contributed by atoms with Gasteiger partial charge in [0.05, 0.1) is 17.2 Å². The number of rotatable bonds is 3. The minimum Gasteiger partial charge on any atom is -0.306 e. The first-order chi connectivity index (χ1) is 15.7. The molecule has 5 heteroatoms. The molecule has 0 radical (unpaired) electrons. The third kappa shape index (κ3) is 3.59. The number of aromatic nitrogens is 2. The Labute approximate surface area is 187 Å². The highest BCUT2D eigenvalue weighted by Gasteiger charge is 2.26.